The predicted octanol–water partition coefficient (Wildman–Crippen LogP) is 5.21. The summed E-state index contributed by atoms with van der Waals surface area (Å²) >= 11 is 0. The molecule has 156 valence electrons. The van der Waals surface area contributed by atoms with E-state index in [0.717, 1.165) is 29.0 Å². The Balaban J connectivity index is 0.000000187. The van der Waals surface area contributed by atoms with Crippen molar-refractivity contribution in [3.63, 3.8) is 0 Å². The van der Waals surface area contributed by atoms with Crippen LogP contribution in [-0.2, 0) is 0 Å². The van der Waals surface area contributed by atoms with Crippen LogP contribution in [0.1, 0.15) is 26.3 Å². The van der Waals surface area contributed by atoms with Crippen molar-refractivity contribution in [2.24, 2.45) is 0 Å². The topological polar surface area (TPSA) is 115 Å². The minimum absolute atomic E-state index is 0.00241. The molecule has 7 heteroatoms. The van der Waals surface area contributed by atoms with Gasteiger partial charge in [-0.25, -0.2) is 14.6 Å². The van der Waals surface area contributed by atoms with Crippen molar-refractivity contribution in [2.45, 2.75) is 6.92 Å². The molecular formula is C24H21N3O4. The van der Waals surface area contributed by atoms with Gasteiger partial charge in [0, 0.05) is 17.4 Å². The number of aromatic nitrogens is 2. The Morgan fingerprint density at radius 3 is 1.94 bits per heavy atom. The molecule has 0 saturated carbocycles. The van der Waals surface area contributed by atoms with Gasteiger partial charge in [-0.3, -0.25) is 0 Å². The van der Waals surface area contributed by atoms with Crippen LogP contribution in [0.3, 0.4) is 0 Å². The third-order valence-corrected chi connectivity index (χ3v) is 4.26. The van der Waals surface area contributed by atoms with E-state index in [4.69, 9.17) is 10.2 Å². The molecule has 0 aliphatic heterocycles. The van der Waals surface area contributed by atoms with Gasteiger partial charge in [0.05, 0.1) is 16.8 Å². The fourth-order valence-corrected chi connectivity index (χ4v) is 2.83. The van der Waals surface area contributed by atoms with Gasteiger partial charge in [-0.1, -0.05) is 48.5 Å². The number of benzene rings is 3. The number of carboxylic acid groups (broad SMARTS) is 2. The van der Waals surface area contributed by atoms with Gasteiger partial charge in [0.15, 0.2) is 0 Å². The molecule has 0 unspecified atom stereocenters. The van der Waals surface area contributed by atoms with Crippen molar-refractivity contribution in [1.82, 2.24) is 9.97 Å². The van der Waals surface area contributed by atoms with Crippen LogP contribution in [0, 0.1) is 6.92 Å². The molecule has 4 N–H and O–H groups in total. The molecule has 0 bridgehead atoms. The van der Waals surface area contributed by atoms with Gasteiger partial charge in [0.2, 0.25) is 5.95 Å². The molecule has 3 aromatic carbocycles. The summed E-state index contributed by atoms with van der Waals surface area (Å²) in [5.74, 6) is -1.49. The van der Waals surface area contributed by atoms with E-state index in [1.165, 1.54) is 12.1 Å². The molecule has 0 amide bonds. The average Bonchev–Trinajstić information content (AvgIpc) is 3.23. The zero-order chi connectivity index (χ0) is 22.2. The van der Waals surface area contributed by atoms with Gasteiger partial charge in [0.25, 0.3) is 0 Å². The number of anilines is 2. The Morgan fingerprint density at radius 1 is 0.839 bits per heavy atom. The summed E-state index contributed by atoms with van der Waals surface area (Å²) in [6.07, 6.45) is 1.90. The predicted molar refractivity (Wildman–Crippen MR) is 119 cm³/mol. The van der Waals surface area contributed by atoms with Crippen LogP contribution in [0.25, 0.3) is 11.3 Å². The third-order valence-electron chi connectivity index (χ3n) is 4.26. The fourth-order valence-electron chi connectivity index (χ4n) is 2.83. The van der Waals surface area contributed by atoms with E-state index in [1.807, 2.05) is 66.9 Å². The lowest BCUT2D eigenvalue weighted by atomic mass is 10.1. The Kier molecular flexibility index (Phi) is 6.80. The normalized spacial score (nSPS) is 9.97. The first kappa shape index (κ1) is 21.3. The molecule has 4 rings (SSSR count). The van der Waals surface area contributed by atoms with E-state index in [2.05, 4.69) is 15.3 Å². The van der Waals surface area contributed by atoms with E-state index < -0.39 is 11.9 Å². The standard InChI is InChI=1S/C15H13N3.C9H8O4/c1-3-7-12(8-4-1)14-11-16-15(18-14)17-13-9-5-2-6-10-13;1-5-2-6(8(10)11)4-7(3-5)9(12)13/h1-11H,(H2,16,17,18);2-4H,1H3,(H,10,11)(H,12,13). The lowest BCUT2D eigenvalue weighted by Crippen LogP contribution is -2.02. The summed E-state index contributed by atoms with van der Waals surface area (Å²) in [5, 5.41) is 20.5. The summed E-state index contributed by atoms with van der Waals surface area (Å²) in [5.41, 5.74) is 3.68. The molecule has 0 radical (unpaired) electrons. The lowest BCUT2D eigenvalue weighted by molar-refractivity contribution is 0.0696. The number of hydrogen-bond acceptors (Lipinski definition) is 4. The second-order valence-electron chi connectivity index (χ2n) is 6.69. The maximum Gasteiger partial charge on any atom is 0.335 e. The number of aryl methyl sites for hydroxylation is 1. The minimum Gasteiger partial charge on any atom is -0.478 e. The highest BCUT2D eigenvalue weighted by Gasteiger charge is 2.09. The number of carbonyl (C=O) groups is 2. The van der Waals surface area contributed by atoms with Crippen LogP contribution >= 0.6 is 0 Å². The van der Waals surface area contributed by atoms with Crippen molar-refractivity contribution < 1.29 is 19.8 Å². The Morgan fingerprint density at radius 2 is 1.39 bits per heavy atom. The van der Waals surface area contributed by atoms with Gasteiger partial charge in [-0.2, -0.15) is 0 Å². The summed E-state index contributed by atoms with van der Waals surface area (Å²) < 4.78 is 0. The first-order chi connectivity index (χ1) is 14.9. The smallest absolute Gasteiger partial charge is 0.335 e. The zero-order valence-corrected chi connectivity index (χ0v) is 16.7. The molecule has 0 saturated heterocycles. The Labute approximate surface area is 179 Å². The SMILES string of the molecule is Cc1cc(C(=O)O)cc(C(=O)O)c1.c1ccc(Nc2nc(-c3ccccc3)c[nH]2)cc1. The van der Waals surface area contributed by atoms with E-state index in [9.17, 15) is 9.59 Å². The highest BCUT2D eigenvalue weighted by molar-refractivity contribution is 5.94. The molecule has 31 heavy (non-hydrogen) atoms. The summed E-state index contributed by atoms with van der Waals surface area (Å²) in [7, 11) is 0. The van der Waals surface area contributed by atoms with Gasteiger partial charge in [0.1, 0.15) is 0 Å². The number of hydrogen-bond donors (Lipinski definition) is 4. The molecule has 0 aliphatic carbocycles. The average molecular weight is 415 g/mol. The van der Waals surface area contributed by atoms with Crippen LogP contribution in [0.5, 0.6) is 0 Å². The Bertz CT molecular complexity index is 1140. The molecule has 0 atom stereocenters. The monoisotopic (exact) mass is 415 g/mol. The number of para-hydroxylation sites is 1. The first-order valence-corrected chi connectivity index (χ1v) is 9.43. The zero-order valence-electron chi connectivity index (χ0n) is 16.7. The maximum absolute atomic E-state index is 10.5. The number of nitrogens with one attached hydrogen (secondary N) is 2. The number of aromatic amines is 1. The second kappa shape index (κ2) is 9.89. The second-order valence-corrected chi connectivity index (χ2v) is 6.69. The van der Waals surface area contributed by atoms with E-state index in [1.54, 1.807) is 6.92 Å². The molecule has 1 aromatic heterocycles. The van der Waals surface area contributed by atoms with Crippen molar-refractivity contribution in [3.05, 3.63) is 102 Å². The molecule has 7 nitrogen and oxygen atoms in total. The number of H-pyrrole nitrogens is 1. The van der Waals surface area contributed by atoms with Gasteiger partial charge < -0.3 is 20.5 Å². The quantitative estimate of drug-likeness (QED) is 0.356. The molecule has 0 fully saturated rings. The minimum atomic E-state index is -1.12. The van der Waals surface area contributed by atoms with Gasteiger partial charge in [-0.05, 0) is 42.8 Å². The number of imidazole rings is 1. The summed E-state index contributed by atoms with van der Waals surface area (Å²) in [4.78, 5) is 28.7. The molecule has 1 heterocycles. The van der Waals surface area contributed by atoms with Gasteiger partial charge >= 0.3 is 11.9 Å². The van der Waals surface area contributed by atoms with Crippen molar-refractivity contribution in [2.75, 3.05) is 5.32 Å². The Hall–Kier alpha value is -4.39. The lowest BCUT2D eigenvalue weighted by Gasteiger charge is -2.01. The van der Waals surface area contributed by atoms with Crippen molar-refractivity contribution in [1.29, 1.82) is 0 Å². The number of aromatic carboxylic acids is 2. The van der Waals surface area contributed by atoms with Crippen molar-refractivity contribution >= 4 is 23.6 Å². The van der Waals surface area contributed by atoms with Crippen LogP contribution in [-0.4, -0.2) is 32.1 Å². The molecule has 0 aliphatic rings. The number of nitrogens with zero attached hydrogens (tertiary/aromatic N) is 1. The fraction of sp³-hybridized carbons (Fsp3) is 0.0417. The van der Waals surface area contributed by atoms with Crippen LogP contribution in [0.4, 0.5) is 11.6 Å². The van der Waals surface area contributed by atoms with Gasteiger partial charge in [-0.15, -0.1) is 0 Å². The van der Waals surface area contributed by atoms with Crippen LogP contribution in [0.2, 0.25) is 0 Å². The maximum atomic E-state index is 10.5. The summed E-state index contributed by atoms with van der Waals surface area (Å²) in [6.45, 7) is 1.65. The van der Waals surface area contributed by atoms with E-state index in [0.29, 0.717) is 5.56 Å². The molecule has 4 aromatic rings. The summed E-state index contributed by atoms with van der Waals surface area (Å²) in [6, 6.07) is 24.1. The largest absolute Gasteiger partial charge is 0.478 e. The highest BCUT2D eigenvalue weighted by Crippen LogP contribution is 2.19. The number of rotatable bonds is 5. The van der Waals surface area contributed by atoms with Crippen LogP contribution in [0.15, 0.2) is 85.1 Å². The third kappa shape index (κ3) is 6.04. The number of carboxylic acids is 2. The highest BCUT2D eigenvalue weighted by atomic mass is 16.4. The van der Waals surface area contributed by atoms with Crippen molar-refractivity contribution in [3.8, 4) is 11.3 Å². The van der Waals surface area contributed by atoms with Crippen LogP contribution < -0.4 is 5.32 Å². The molecular weight excluding hydrogens is 394 g/mol. The molecule has 0 spiro atoms. The van der Waals surface area contributed by atoms with E-state index >= 15 is 0 Å². The first-order valence-electron chi connectivity index (χ1n) is 9.43. The van der Waals surface area contributed by atoms with E-state index in [-0.39, 0.29) is 11.1 Å².